The highest BCUT2D eigenvalue weighted by Crippen LogP contribution is 2.34. The molecule has 0 atom stereocenters. The van der Waals surface area contributed by atoms with Crippen LogP contribution in [0.2, 0.25) is 0 Å². The monoisotopic (exact) mass is 267 g/mol. The smallest absolute Gasteiger partial charge is 0.0448 e. The van der Waals surface area contributed by atoms with Gasteiger partial charge in [-0.1, -0.05) is 35.9 Å². The lowest BCUT2D eigenvalue weighted by Crippen LogP contribution is -2.22. The van der Waals surface area contributed by atoms with Crippen molar-refractivity contribution in [3.05, 3.63) is 53.1 Å². The van der Waals surface area contributed by atoms with Crippen molar-refractivity contribution in [3.8, 4) is 11.1 Å². The average molecular weight is 267 g/mol. The number of benzene rings is 2. The highest BCUT2D eigenvalue weighted by molar-refractivity contribution is 5.81. The van der Waals surface area contributed by atoms with Crippen LogP contribution in [0.1, 0.15) is 30.5 Å². The Hall–Kier alpha value is -1.76. The molecular weight excluding hydrogens is 242 g/mol. The van der Waals surface area contributed by atoms with Gasteiger partial charge in [0.15, 0.2) is 0 Å². The van der Waals surface area contributed by atoms with E-state index in [1.54, 1.807) is 0 Å². The Kier molecular flexibility index (Phi) is 4.49. The molecule has 0 N–H and O–H groups in total. The normalized spacial score (nSPS) is 10.7. The first kappa shape index (κ1) is 14.6. The van der Waals surface area contributed by atoms with Crippen molar-refractivity contribution in [1.29, 1.82) is 0 Å². The van der Waals surface area contributed by atoms with Gasteiger partial charge in [0.2, 0.25) is 0 Å². The van der Waals surface area contributed by atoms with E-state index < -0.39 is 0 Å². The Balaban J connectivity index is 2.64. The number of aryl methyl sites for hydroxylation is 3. The molecule has 0 saturated heterocycles. The zero-order valence-electron chi connectivity index (χ0n) is 13.3. The summed E-state index contributed by atoms with van der Waals surface area (Å²) in [5.41, 5.74) is 8.03. The molecule has 0 bridgehead atoms. The molecule has 2 rings (SSSR count). The summed E-state index contributed by atoms with van der Waals surface area (Å²) < 4.78 is 0. The Bertz CT molecular complexity index is 595. The number of rotatable bonds is 4. The van der Waals surface area contributed by atoms with Crippen LogP contribution >= 0.6 is 0 Å². The molecule has 1 nitrogen and oxygen atoms in total. The van der Waals surface area contributed by atoms with Gasteiger partial charge in [-0.15, -0.1) is 0 Å². The van der Waals surface area contributed by atoms with E-state index in [0.29, 0.717) is 0 Å². The predicted molar refractivity (Wildman–Crippen MR) is 89.7 cm³/mol. The van der Waals surface area contributed by atoms with Crippen LogP contribution in [0.3, 0.4) is 0 Å². The molecule has 0 aromatic heterocycles. The maximum Gasteiger partial charge on any atom is 0.0448 e. The van der Waals surface area contributed by atoms with Gasteiger partial charge in [-0.25, -0.2) is 0 Å². The summed E-state index contributed by atoms with van der Waals surface area (Å²) in [6, 6.07) is 13.5. The molecule has 0 fully saturated rings. The third-order valence-electron chi connectivity index (χ3n) is 3.94. The van der Waals surface area contributed by atoms with Crippen LogP contribution in [0.15, 0.2) is 36.4 Å². The van der Waals surface area contributed by atoms with Crippen LogP contribution in [0.4, 0.5) is 5.69 Å². The maximum absolute atomic E-state index is 2.43. The van der Waals surface area contributed by atoms with E-state index in [1.807, 2.05) is 0 Å². The summed E-state index contributed by atoms with van der Waals surface area (Å²) in [6.07, 6.45) is 0. The van der Waals surface area contributed by atoms with Gasteiger partial charge in [0.25, 0.3) is 0 Å². The SMILES string of the molecule is CCN(CC)c1cc(C)ccc1-c1cc(C)ccc1C. The number of hydrogen-bond acceptors (Lipinski definition) is 1. The first-order valence-corrected chi connectivity index (χ1v) is 7.50. The predicted octanol–water partition coefficient (Wildman–Crippen LogP) is 5.13. The van der Waals surface area contributed by atoms with Gasteiger partial charge in [0.1, 0.15) is 0 Å². The molecule has 0 radical (unpaired) electrons. The lowest BCUT2D eigenvalue weighted by atomic mass is 9.95. The largest absolute Gasteiger partial charge is 0.372 e. The quantitative estimate of drug-likeness (QED) is 0.742. The fourth-order valence-corrected chi connectivity index (χ4v) is 2.72. The molecule has 106 valence electrons. The van der Waals surface area contributed by atoms with Gasteiger partial charge in [0.05, 0.1) is 0 Å². The van der Waals surface area contributed by atoms with Crippen molar-refractivity contribution in [2.45, 2.75) is 34.6 Å². The summed E-state index contributed by atoms with van der Waals surface area (Å²) >= 11 is 0. The first-order chi connectivity index (χ1) is 9.56. The van der Waals surface area contributed by atoms with Crippen LogP contribution in [0, 0.1) is 20.8 Å². The van der Waals surface area contributed by atoms with E-state index in [9.17, 15) is 0 Å². The molecule has 0 aliphatic heterocycles. The van der Waals surface area contributed by atoms with Crippen LogP contribution in [0.5, 0.6) is 0 Å². The van der Waals surface area contributed by atoms with Crippen molar-refractivity contribution in [3.63, 3.8) is 0 Å². The topological polar surface area (TPSA) is 3.24 Å². The molecule has 1 heteroatoms. The van der Waals surface area contributed by atoms with Crippen molar-refractivity contribution in [1.82, 2.24) is 0 Å². The highest BCUT2D eigenvalue weighted by atomic mass is 15.1. The molecule has 0 amide bonds. The van der Waals surface area contributed by atoms with Crippen LogP contribution in [-0.2, 0) is 0 Å². The highest BCUT2D eigenvalue weighted by Gasteiger charge is 2.12. The van der Waals surface area contributed by atoms with Crippen molar-refractivity contribution >= 4 is 5.69 Å². The minimum atomic E-state index is 1.04. The lowest BCUT2D eigenvalue weighted by molar-refractivity contribution is 0.866. The van der Waals surface area contributed by atoms with E-state index in [0.717, 1.165) is 13.1 Å². The minimum absolute atomic E-state index is 1.04. The Labute approximate surface area is 123 Å². The first-order valence-electron chi connectivity index (χ1n) is 7.50. The average Bonchev–Trinajstić information content (AvgIpc) is 2.43. The van der Waals surface area contributed by atoms with Gasteiger partial charge < -0.3 is 4.90 Å². The van der Waals surface area contributed by atoms with E-state index in [-0.39, 0.29) is 0 Å². The molecule has 0 aliphatic rings. The van der Waals surface area contributed by atoms with Gasteiger partial charge in [-0.2, -0.15) is 0 Å². The van der Waals surface area contributed by atoms with Crippen molar-refractivity contribution in [2.75, 3.05) is 18.0 Å². The molecule has 0 heterocycles. The van der Waals surface area contributed by atoms with Gasteiger partial charge in [-0.3, -0.25) is 0 Å². The molecule has 0 aliphatic carbocycles. The number of hydrogen-bond donors (Lipinski definition) is 0. The van der Waals surface area contributed by atoms with E-state index in [4.69, 9.17) is 0 Å². The molecule has 2 aromatic carbocycles. The fourth-order valence-electron chi connectivity index (χ4n) is 2.72. The van der Waals surface area contributed by atoms with Gasteiger partial charge >= 0.3 is 0 Å². The van der Waals surface area contributed by atoms with Gasteiger partial charge in [-0.05, 0) is 57.4 Å². The molecule has 0 spiro atoms. The second kappa shape index (κ2) is 6.13. The maximum atomic E-state index is 2.43. The lowest BCUT2D eigenvalue weighted by Gasteiger charge is -2.25. The summed E-state index contributed by atoms with van der Waals surface area (Å²) in [4.78, 5) is 2.43. The zero-order chi connectivity index (χ0) is 14.7. The summed E-state index contributed by atoms with van der Waals surface area (Å²) in [6.45, 7) is 13.0. The Morgan fingerprint density at radius 1 is 0.750 bits per heavy atom. The molecular formula is C19H25N. The second-order valence-electron chi connectivity index (χ2n) is 5.51. The van der Waals surface area contributed by atoms with Crippen molar-refractivity contribution < 1.29 is 0 Å². The fraction of sp³-hybridized carbons (Fsp3) is 0.368. The van der Waals surface area contributed by atoms with Gasteiger partial charge in [0, 0.05) is 24.3 Å². The number of anilines is 1. The zero-order valence-corrected chi connectivity index (χ0v) is 13.3. The molecule has 0 saturated carbocycles. The van der Waals surface area contributed by atoms with E-state index >= 15 is 0 Å². The molecule has 0 unspecified atom stereocenters. The summed E-state index contributed by atoms with van der Waals surface area (Å²) in [5.74, 6) is 0. The standard InChI is InChI=1S/C19H25N/c1-6-20(7-2)19-13-15(4)9-11-17(19)18-12-14(3)8-10-16(18)5/h8-13H,6-7H2,1-5H3. The van der Waals surface area contributed by atoms with Crippen LogP contribution in [-0.4, -0.2) is 13.1 Å². The molecule has 20 heavy (non-hydrogen) atoms. The third kappa shape index (κ3) is 2.87. The molecule has 2 aromatic rings. The minimum Gasteiger partial charge on any atom is -0.372 e. The van der Waals surface area contributed by atoms with Crippen LogP contribution in [0.25, 0.3) is 11.1 Å². The third-order valence-corrected chi connectivity index (χ3v) is 3.94. The Morgan fingerprint density at radius 2 is 1.35 bits per heavy atom. The van der Waals surface area contributed by atoms with E-state index in [2.05, 4.69) is 75.9 Å². The summed E-state index contributed by atoms with van der Waals surface area (Å²) in [7, 11) is 0. The van der Waals surface area contributed by atoms with Crippen molar-refractivity contribution in [2.24, 2.45) is 0 Å². The van der Waals surface area contributed by atoms with Crippen LogP contribution < -0.4 is 4.90 Å². The second-order valence-corrected chi connectivity index (χ2v) is 5.51. The number of nitrogens with zero attached hydrogens (tertiary/aromatic N) is 1. The Morgan fingerprint density at radius 3 is 2.00 bits per heavy atom. The van der Waals surface area contributed by atoms with E-state index in [1.165, 1.54) is 33.5 Å². The summed E-state index contributed by atoms with van der Waals surface area (Å²) in [5, 5.41) is 0.